The van der Waals surface area contributed by atoms with Crippen molar-refractivity contribution in [2.75, 3.05) is 13.1 Å². The number of hydrogen-bond donors (Lipinski definition) is 1. The van der Waals surface area contributed by atoms with Crippen LogP contribution in [0.1, 0.15) is 30.3 Å². The summed E-state index contributed by atoms with van der Waals surface area (Å²) < 4.78 is 0.677. The van der Waals surface area contributed by atoms with E-state index in [0.29, 0.717) is 29.4 Å². The molecule has 1 aliphatic heterocycles. The van der Waals surface area contributed by atoms with Gasteiger partial charge in [-0.15, -0.1) is 22.7 Å². The Bertz CT molecular complexity index is 757. The molecule has 1 fully saturated rings. The molecule has 1 atom stereocenters. The first-order chi connectivity index (χ1) is 10.9. The van der Waals surface area contributed by atoms with Crippen LogP contribution in [0.15, 0.2) is 17.5 Å². The number of halogens is 1. The number of amides is 1. The van der Waals surface area contributed by atoms with Crippen LogP contribution in [0.2, 0.25) is 4.34 Å². The summed E-state index contributed by atoms with van der Waals surface area (Å²) >= 11 is 8.73. The first-order valence-corrected chi connectivity index (χ1v) is 9.20. The summed E-state index contributed by atoms with van der Waals surface area (Å²) in [5.74, 6) is -1.07. The third-order valence-corrected chi connectivity index (χ3v) is 6.25. The largest absolute Gasteiger partial charge is 0.481 e. The van der Waals surface area contributed by atoms with Crippen LogP contribution in [0.3, 0.4) is 0 Å². The van der Waals surface area contributed by atoms with Gasteiger partial charge in [0.2, 0.25) is 0 Å². The second-order valence-corrected chi connectivity index (χ2v) is 8.41. The van der Waals surface area contributed by atoms with E-state index >= 15 is 0 Å². The third-order valence-electron chi connectivity index (χ3n) is 4.01. The van der Waals surface area contributed by atoms with Crippen molar-refractivity contribution in [3.63, 3.8) is 0 Å². The number of rotatable bonds is 3. The van der Waals surface area contributed by atoms with Gasteiger partial charge in [0.25, 0.3) is 5.91 Å². The smallest absolute Gasteiger partial charge is 0.311 e. The molecule has 0 aromatic carbocycles. The molecule has 0 aliphatic carbocycles. The molecule has 1 amide bonds. The van der Waals surface area contributed by atoms with Crippen LogP contribution in [0, 0.1) is 5.41 Å². The number of piperidine rings is 1. The maximum absolute atomic E-state index is 12.6. The van der Waals surface area contributed by atoms with Crippen molar-refractivity contribution in [3.8, 4) is 9.88 Å². The fraction of sp³-hybridized carbons (Fsp3) is 0.400. The number of carbonyl (C=O) groups is 2. The van der Waals surface area contributed by atoms with Crippen molar-refractivity contribution < 1.29 is 14.7 Å². The minimum atomic E-state index is -0.881. The molecule has 3 heterocycles. The van der Waals surface area contributed by atoms with Gasteiger partial charge in [-0.1, -0.05) is 11.6 Å². The number of aliphatic carboxylic acids is 1. The lowest BCUT2D eigenvalue weighted by Crippen LogP contribution is -2.48. The molecular formula is C15H15ClN2O3S2. The van der Waals surface area contributed by atoms with E-state index in [9.17, 15) is 14.7 Å². The molecule has 23 heavy (non-hydrogen) atoms. The number of aromatic nitrogens is 1. The predicted molar refractivity (Wildman–Crippen MR) is 91.3 cm³/mol. The zero-order chi connectivity index (χ0) is 16.6. The van der Waals surface area contributed by atoms with Gasteiger partial charge in [-0.2, -0.15) is 0 Å². The Hall–Kier alpha value is -1.44. The fourth-order valence-corrected chi connectivity index (χ4v) is 4.57. The summed E-state index contributed by atoms with van der Waals surface area (Å²) in [5, 5.41) is 11.8. The van der Waals surface area contributed by atoms with Crippen LogP contribution in [0.25, 0.3) is 9.88 Å². The highest BCUT2D eigenvalue weighted by molar-refractivity contribution is 7.23. The number of hydrogen-bond acceptors (Lipinski definition) is 5. The van der Waals surface area contributed by atoms with Crippen molar-refractivity contribution in [3.05, 3.63) is 27.5 Å². The number of thiophene rings is 1. The Balaban J connectivity index is 1.78. The summed E-state index contributed by atoms with van der Waals surface area (Å²) in [4.78, 5) is 30.9. The summed E-state index contributed by atoms with van der Waals surface area (Å²) in [5.41, 5.74) is -0.516. The van der Waals surface area contributed by atoms with Crippen LogP contribution < -0.4 is 0 Å². The molecule has 122 valence electrons. The van der Waals surface area contributed by atoms with E-state index in [1.54, 1.807) is 23.3 Å². The Morgan fingerprint density at radius 3 is 2.87 bits per heavy atom. The van der Waals surface area contributed by atoms with Gasteiger partial charge in [-0.25, -0.2) is 4.98 Å². The molecule has 1 unspecified atom stereocenters. The highest BCUT2D eigenvalue weighted by Gasteiger charge is 2.39. The SMILES string of the molecule is CC1(C(=O)O)CCCN(C(=O)c2csc(-c3ccc(Cl)s3)n2)C1. The van der Waals surface area contributed by atoms with Gasteiger partial charge in [0, 0.05) is 18.5 Å². The Kier molecular flexibility index (Phi) is 4.44. The van der Waals surface area contributed by atoms with Crippen molar-refractivity contribution in [1.29, 1.82) is 0 Å². The lowest BCUT2D eigenvalue weighted by Gasteiger charge is -2.37. The van der Waals surface area contributed by atoms with Crippen LogP contribution >= 0.6 is 34.3 Å². The minimum absolute atomic E-state index is 0.206. The minimum Gasteiger partial charge on any atom is -0.481 e. The van der Waals surface area contributed by atoms with Gasteiger partial charge in [-0.3, -0.25) is 9.59 Å². The van der Waals surface area contributed by atoms with Crippen molar-refractivity contribution in [2.45, 2.75) is 19.8 Å². The molecule has 1 saturated heterocycles. The van der Waals surface area contributed by atoms with Gasteiger partial charge >= 0.3 is 5.97 Å². The maximum Gasteiger partial charge on any atom is 0.311 e. The summed E-state index contributed by atoms with van der Waals surface area (Å²) in [7, 11) is 0. The topological polar surface area (TPSA) is 70.5 Å². The zero-order valence-corrected chi connectivity index (χ0v) is 14.8. The van der Waals surface area contributed by atoms with E-state index in [1.165, 1.54) is 22.7 Å². The molecule has 2 aromatic heterocycles. The summed E-state index contributed by atoms with van der Waals surface area (Å²) in [6.07, 6.45) is 1.27. The van der Waals surface area contributed by atoms with Crippen LogP contribution in [-0.2, 0) is 4.79 Å². The molecule has 0 spiro atoms. The average Bonchev–Trinajstić information content (AvgIpc) is 3.15. The average molecular weight is 371 g/mol. The van der Waals surface area contributed by atoms with Crippen LogP contribution in [0.4, 0.5) is 0 Å². The van der Waals surface area contributed by atoms with E-state index in [2.05, 4.69) is 4.98 Å². The van der Waals surface area contributed by atoms with Gasteiger partial charge in [-0.05, 0) is 31.9 Å². The third kappa shape index (κ3) is 3.27. The molecule has 1 aliphatic rings. The lowest BCUT2D eigenvalue weighted by atomic mass is 9.82. The second kappa shape index (κ2) is 6.22. The van der Waals surface area contributed by atoms with Crippen LogP contribution in [0.5, 0.6) is 0 Å². The number of carboxylic acids is 1. The van der Waals surface area contributed by atoms with E-state index in [0.717, 1.165) is 9.88 Å². The quantitative estimate of drug-likeness (QED) is 0.890. The Morgan fingerprint density at radius 2 is 2.22 bits per heavy atom. The van der Waals surface area contributed by atoms with Crippen molar-refractivity contribution in [1.82, 2.24) is 9.88 Å². The molecular weight excluding hydrogens is 356 g/mol. The first kappa shape index (κ1) is 16.4. The highest BCUT2D eigenvalue weighted by Crippen LogP contribution is 2.34. The normalized spacial score (nSPS) is 21.4. The molecule has 0 bridgehead atoms. The molecule has 3 rings (SSSR count). The number of likely N-dealkylation sites (tertiary alicyclic amines) is 1. The number of carboxylic acid groups (broad SMARTS) is 1. The standard InChI is InChI=1S/C15H15ClN2O3S2/c1-15(14(20)21)5-2-6-18(8-15)13(19)9-7-22-12(17-9)10-3-4-11(16)23-10/h3-4,7H,2,5-6,8H2,1H3,(H,20,21). The number of thiazole rings is 1. The molecule has 1 N–H and O–H groups in total. The summed E-state index contributed by atoms with van der Waals surface area (Å²) in [6.45, 7) is 2.48. The number of carbonyl (C=O) groups excluding carboxylic acids is 1. The maximum atomic E-state index is 12.6. The van der Waals surface area contributed by atoms with E-state index in [4.69, 9.17) is 11.6 Å². The van der Waals surface area contributed by atoms with Gasteiger partial charge < -0.3 is 10.0 Å². The van der Waals surface area contributed by atoms with Gasteiger partial charge in [0.05, 0.1) is 14.6 Å². The molecule has 2 aromatic rings. The molecule has 0 saturated carbocycles. The first-order valence-electron chi connectivity index (χ1n) is 7.13. The monoisotopic (exact) mass is 370 g/mol. The van der Waals surface area contributed by atoms with Gasteiger partial charge in [0.1, 0.15) is 10.7 Å². The Labute approximate surface area is 146 Å². The zero-order valence-electron chi connectivity index (χ0n) is 12.4. The fourth-order valence-electron chi connectivity index (χ4n) is 2.66. The van der Waals surface area contributed by atoms with Crippen LogP contribution in [-0.4, -0.2) is 40.0 Å². The number of nitrogens with zero attached hydrogens (tertiary/aromatic N) is 2. The molecule has 8 heteroatoms. The van der Waals surface area contributed by atoms with E-state index in [-0.39, 0.29) is 12.5 Å². The van der Waals surface area contributed by atoms with Crippen molar-refractivity contribution >= 4 is 46.2 Å². The highest BCUT2D eigenvalue weighted by atomic mass is 35.5. The van der Waals surface area contributed by atoms with E-state index in [1.807, 2.05) is 6.07 Å². The van der Waals surface area contributed by atoms with Crippen molar-refractivity contribution in [2.24, 2.45) is 5.41 Å². The molecule has 0 radical (unpaired) electrons. The predicted octanol–water partition coefficient (Wildman–Crippen LogP) is 3.85. The van der Waals surface area contributed by atoms with E-state index < -0.39 is 11.4 Å². The molecule has 5 nitrogen and oxygen atoms in total. The second-order valence-electron chi connectivity index (χ2n) is 5.84. The summed E-state index contributed by atoms with van der Waals surface area (Å²) in [6, 6.07) is 3.68. The van der Waals surface area contributed by atoms with Gasteiger partial charge in [0.15, 0.2) is 0 Å². The Morgan fingerprint density at radius 1 is 1.43 bits per heavy atom. The lowest BCUT2D eigenvalue weighted by molar-refractivity contribution is -0.150.